The van der Waals surface area contributed by atoms with Crippen LogP contribution in [0.1, 0.15) is 5.56 Å². The van der Waals surface area contributed by atoms with E-state index in [0.29, 0.717) is 0 Å². The maximum atomic E-state index is 4.56. The van der Waals surface area contributed by atoms with E-state index in [4.69, 9.17) is 0 Å². The molecular weight excluding hydrogens is 735 g/mol. The number of fused-ring (bicyclic) bond motifs is 7. The Morgan fingerprint density at radius 1 is 0.279 bits per heavy atom. The Morgan fingerprint density at radius 3 is 1.38 bits per heavy atom. The molecule has 0 unspecified atom stereocenters. The summed E-state index contributed by atoms with van der Waals surface area (Å²) < 4.78 is 0. The number of benzene rings is 11. The van der Waals surface area contributed by atoms with Gasteiger partial charge in [0.05, 0.1) is 5.69 Å². The summed E-state index contributed by atoms with van der Waals surface area (Å²) in [6, 6.07) is 82.3. The largest absolute Gasteiger partial charge is 0.310 e. The summed E-state index contributed by atoms with van der Waals surface area (Å²) in [6.45, 7) is 4.56. The average molecular weight is 774 g/mol. The van der Waals surface area contributed by atoms with Gasteiger partial charge in [0.1, 0.15) is 0 Å². The van der Waals surface area contributed by atoms with Gasteiger partial charge < -0.3 is 4.90 Å². The van der Waals surface area contributed by atoms with Crippen LogP contribution < -0.4 is 4.90 Å². The van der Waals surface area contributed by atoms with E-state index < -0.39 is 0 Å². The van der Waals surface area contributed by atoms with E-state index in [-0.39, 0.29) is 0 Å². The van der Waals surface area contributed by atoms with Crippen molar-refractivity contribution in [2.45, 2.75) is 0 Å². The fourth-order valence-corrected chi connectivity index (χ4v) is 9.76. The van der Waals surface area contributed by atoms with Gasteiger partial charge in [-0.2, -0.15) is 0 Å². The fraction of sp³-hybridized carbons (Fsp3) is 0. The predicted molar refractivity (Wildman–Crippen MR) is 261 cm³/mol. The van der Waals surface area contributed by atoms with E-state index in [1.165, 1.54) is 98.7 Å². The molecule has 0 atom stereocenters. The zero-order chi connectivity index (χ0) is 40.4. The lowest BCUT2D eigenvalue weighted by Crippen LogP contribution is -2.19. The summed E-state index contributed by atoms with van der Waals surface area (Å²) in [4.78, 5) is 2.28. The van der Waals surface area contributed by atoms with Crippen molar-refractivity contribution in [2.24, 2.45) is 0 Å². The quantitative estimate of drug-likeness (QED) is 0.157. The number of para-hydroxylation sites is 1. The summed E-state index contributed by atoms with van der Waals surface area (Å²) in [5.74, 6) is 0. The van der Waals surface area contributed by atoms with Crippen molar-refractivity contribution in [3.63, 3.8) is 0 Å². The third-order valence-corrected chi connectivity index (χ3v) is 12.7. The Kier molecular flexibility index (Phi) is 8.08. The molecule has 0 amide bonds. The maximum absolute atomic E-state index is 4.56. The van der Waals surface area contributed by atoms with Crippen LogP contribution >= 0.6 is 0 Å². The van der Waals surface area contributed by atoms with Gasteiger partial charge in [0, 0.05) is 22.5 Å². The third kappa shape index (κ3) is 5.78. The first-order valence-electron chi connectivity index (χ1n) is 21.0. The first kappa shape index (κ1) is 35.0. The molecule has 0 bridgehead atoms. The minimum absolute atomic E-state index is 0.989. The molecule has 1 aliphatic heterocycles. The lowest BCUT2D eigenvalue weighted by atomic mass is 9.84. The number of hydrogen-bond donors (Lipinski definition) is 0. The molecule has 284 valence electrons. The molecule has 1 heteroatoms. The zero-order valence-corrected chi connectivity index (χ0v) is 33.5. The first-order valence-corrected chi connectivity index (χ1v) is 21.0. The Balaban J connectivity index is 1.01. The van der Waals surface area contributed by atoms with Crippen molar-refractivity contribution in [3.8, 4) is 55.6 Å². The Labute approximate surface area is 355 Å². The number of anilines is 2. The van der Waals surface area contributed by atoms with Crippen LogP contribution in [0, 0.1) is 0 Å². The highest BCUT2D eigenvalue weighted by Gasteiger charge is 2.27. The van der Waals surface area contributed by atoms with Gasteiger partial charge in [-0.05, 0) is 136 Å². The number of nitrogens with zero attached hydrogens (tertiary/aromatic N) is 1. The highest BCUT2D eigenvalue weighted by Crippen LogP contribution is 2.49. The van der Waals surface area contributed by atoms with Gasteiger partial charge in [-0.1, -0.05) is 189 Å². The van der Waals surface area contributed by atoms with Crippen LogP contribution in [0.3, 0.4) is 0 Å². The van der Waals surface area contributed by atoms with E-state index in [1.807, 2.05) is 0 Å². The maximum Gasteiger partial charge on any atom is 0.0540 e. The number of rotatable bonds is 5. The molecule has 1 aliphatic rings. The van der Waals surface area contributed by atoms with E-state index >= 15 is 0 Å². The normalized spacial score (nSPS) is 12.3. The molecule has 0 saturated heterocycles. The molecular formula is C60H39N. The summed E-state index contributed by atoms with van der Waals surface area (Å²) in [5.41, 5.74) is 16.5. The molecule has 61 heavy (non-hydrogen) atoms. The van der Waals surface area contributed by atoms with Gasteiger partial charge in [0.25, 0.3) is 0 Å². The van der Waals surface area contributed by atoms with Crippen LogP contribution in [0.2, 0.25) is 0 Å². The van der Waals surface area contributed by atoms with Gasteiger partial charge in [-0.25, -0.2) is 0 Å². The first-order chi connectivity index (χ1) is 30.2. The van der Waals surface area contributed by atoms with E-state index in [0.717, 1.165) is 22.6 Å². The molecule has 0 aliphatic carbocycles. The third-order valence-electron chi connectivity index (χ3n) is 12.7. The van der Waals surface area contributed by atoms with Gasteiger partial charge in [0.2, 0.25) is 0 Å². The molecule has 0 N–H and O–H groups in total. The minimum Gasteiger partial charge on any atom is -0.310 e. The van der Waals surface area contributed by atoms with E-state index in [9.17, 15) is 0 Å². The van der Waals surface area contributed by atoms with E-state index in [1.54, 1.807) is 0 Å². The topological polar surface area (TPSA) is 3.24 Å². The molecule has 11 aromatic carbocycles. The van der Waals surface area contributed by atoms with Crippen molar-refractivity contribution in [1.29, 1.82) is 0 Å². The SMILES string of the molecule is C=C1c2ccccc2-c2cc(-c3ccc(-c4ccc5c(-c6ccc7ccccc7c6)c6ccccc6c(-c6ccc7ccccc7c6)c5c4)cc3)ccc2N1c1ccccc1. The van der Waals surface area contributed by atoms with E-state index in [2.05, 4.69) is 236 Å². The molecule has 11 aromatic rings. The lowest BCUT2D eigenvalue weighted by molar-refractivity contribution is 1.27. The van der Waals surface area contributed by atoms with Crippen molar-refractivity contribution in [2.75, 3.05) is 4.90 Å². The molecule has 0 radical (unpaired) electrons. The molecule has 1 heterocycles. The second kappa shape index (κ2) is 14.1. The summed E-state index contributed by atoms with van der Waals surface area (Å²) in [6.07, 6.45) is 0. The van der Waals surface area contributed by atoms with Crippen molar-refractivity contribution < 1.29 is 0 Å². The predicted octanol–water partition coefficient (Wildman–Crippen LogP) is 16.8. The van der Waals surface area contributed by atoms with Crippen LogP contribution in [0.5, 0.6) is 0 Å². The minimum atomic E-state index is 0.989. The second-order valence-corrected chi connectivity index (χ2v) is 16.2. The summed E-state index contributed by atoms with van der Waals surface area (Å²) in [5, 5.41) is 9.99. The van der Waals surface area contributed by atoms with Gasteiger partial charge >= 0.3 is 0 Å². The standard InChI is InChI=1S/C60H39N/c1-39-51-19-9-10-20-52(51)56-37-47(32-34-58(56)61(39)50-17-3-2-4-18-50)43-25-23-42(24-26-43)46-31-33-55-57(38-46)60(49-30-28-41-14-6-8-16-45(41)36-49)54-22-12-11-21-53(54)59(55)48-29-27-40-13-5-7-15-44(40)35-48/h2-38H,1H2. The van der Waals surface area contributed by atoms with Crippen LogP contribution in [0.25, 0.3) is 104 Å². The average Bonchev–Trinajstić information content (AvgIpc) is 3.33. The van der Waals surface area contributed by atoms with Gasteiger partial charge in [-0.3, -0.25) is 0 Å². The van der Waals surface area contributed by atoms with Gasteiger partial charge in [-0.15, -0.1) is 0 Å². The molecule has 12 rings (SSSR count). The molecule has 0 aromatic heterocycles. The lowest BCUT2D eigenvalue weighted by Gasteiger charge is -2.35. The highest BCUT2D eigenvalue weighted by molar-refractivity contribution is 6.22. The molecule has 0 spiro atoms. The van der Waals surface area contributed by atoms with Crippen molar-refractivity contribution >= 4 is 60.2 Å². The second-order valence-electron chi connectivity index (χ2n) is 16.2. The van der Waals surface area contributed by atoms with Crippen LogP contribution in [-0.2, 0) is 0 Å². The van der Waals surface area contributed by atoms with Crippen LogP contribution in [-0.4, -0.2) is 0 Å². The van der Waals surface area contributed by atoms with Crippen LogP contribution in [0.4, 0.5) is 11.4 Å². The Morgan fingerprint density at radius 2 is 0.738 bits per heavy atom. The van der Waals surface area contributed by atoms with Gasteiger partial charge in [0.15, 0.2) is 0 Å². The zero-order valence-electron chi connectivity index (χ0n) is 33.5. The summed E-state index contributed by atoms with van der Waals surface area (Å²) in [7, 11) is 0. The number of hydrogen-bond acceptors (Lipinski definition) is 1. The van der Waals surface area contributed by atoms with Crippen molar-refractivity contribution in [1.82, 2.24) is 0 Å². The highest BCUT2D eigenvalue weighted by atomic mass is 15.2. The smallest absolute Gasteiger partial charge is 0.0540 e. The van der Waals surface area contributed by atoms with Crippen molar-refractivity contribution in [3.05, 3.63) is 237 Å². The van der Waals surface area contributed by atoms with Crippen LogP contribution in [0.15, 0.2) is 231 Å². The summed E-state index contributed by atoms with van der Waals surface area (Å²) >= 11 is 0. The Hall–Kier alpha value is -8.00. The fourth-order valence-electron chi connectivity index (χ4n) is 9.76. The Bertz CT molecular complexity index is 3540. The molecule has 0 fully saturated rings. The molecule has 0 saturated carbocycles. The monoisotopic (exact) mass is 773 g/mol. The molecule has 1 nitrogen and oxygen atoms in total.